The first-order valence-corrected chi connectivity index (χ1v) is 8.45. The lowest BCUT2D eigenvalue weighted by Gasteiger charge is -2.09. The van der Waals surface area contributed by atoms with Crippen molar-refractivity contribution in [2.75, 3.05) is 5.32 Å². The number of rotatable bonds is 5. The highest BCUT2D eigenvalue weighted by Gasteiger charge is 2.13. The summed E-state index contributed by atoms with van der Waals surface area (Å²) in [5, 5.41) is 6.64. The van der Waals surface area contributed by atoms with Crippen molar-refractivity contribution >= 4 is 11.6 Å². The zero-order valence-electron chi connectivity index (χ0n) is 14.8. The van der Waals surface area contributed by atoms with Crippen LogP contribution in [-0.2, 0) is 0 Å². The molecule has 4 rings (SSSR count). The maximum Gasteiger partial charge on any atom is 0.258 e. The number of hydrogen-bond donors (Lipinski definition) is 1. The lowest BCUT2D eigenvalue weighted by Crippen LogP contribution is -2.13. The summed E-state index contributed by atoms with van der Waals surface area (Å²) >= 11 is 0. The van der Waals surface area contributed by atoms with Gasteiger partial charge in [0.2, 0.25) is 5.88 Å². The van der Waals surface area contributed by atoms with Gasteiger partial charge >= 0.3 is 0 Å². The van der Waals surface area contributed by atoms with Crippen molar-refractivity contribution in [1.82, 2.24) is 19.7 Å². The number of benzene rings is 2. The fourth-order valence-electron chi connectivity index (χ4n) is 2.51. The molecule has 4 aromatic rings. The first kappa shape index (κ1) is 18.2. The van der Waals surface area contributed by atoms with Crippen molar-refractivity contribution in [3.8, 4) is 17.4 Å². The number of aromatic nitrogens is 4. The number of carbonyl (C=O) groups excluding carboxylic acids is 1. The van der Waals surface area contributed by atoms with E-state index in [1.165, 1.54) is 6.33 Å². The van der Waals surface area contributed by atoms with Crippen LogP contribution in [0.1, 0.15) is 10.4 Å². The predicted octanol–water partition coefficient (Wildman–Crippen LogP) is 3.99. The maximum atomic E-state index is 13.7. The van der Waals surface area contributed by atoms with Crippen LogP contribution in [-0.4, -0.2) is 25.7 Å². The van der Waals surface area contributed by atoms with Gasteiger partial charge in [0.15, 0.2) is 5.82 Å². The minimum atomic E-state index is -0.931. The fraction of sp³-hybridized carbons (Fsp3) is 0. The quantitative estimate of drug-likeness (QED) is 0.555. The van der Waals surface area contributed by atoms with Crippen LogP contribution in [0, 0.1) is 11.6 Å². The van der Waals surface area contributed by atoms with Crippen LogP contribution in [0.5, 0.6) is 11.6 Å². The Morgan fingerprint density at radius 3 is 2.59 bits per heavy atom. The third-order valence-corrected chi connectivity index (χ3v) is 3.88. The molecule has 0 aliphatic heterocycles. The molecule has 0 saturated carbocycles. The van der Waals surface area contributed by atoms with E-state index in [0.717, 1.165) is 12.1 Å². The normalized spacial score (nSPS) is 10.6. The molecule has 2 aromatic heterocycles. The first-order valence-electron chi connectivity index (χ1n) is 8.45. The Morgan fingerprint density at radius 2 is 1.86 bits per heavy atom. The Labute approximate surface area is 163 Å². The molecule has 144 valence electrons. The van der Waals surface area contributed by atoms with Crippen molar-refractivity contribution < 1.29 is 18.3 Å². The molecule has 0 atom stereocenters. The molecule has 0 aliphatic rings. The minimum Gasteiger partial charge on any atom is -0.439 e. The van der Waals surface area contributed by atoms with Gasteiger partial charge in [0.05, 0.1) is 5.56 Å². The molecule has 7 nitrogen and oxygen atoms in total. The van der Waals surface area contributed by atoms with Crippen LogP contribution in [0.4, 0.5) is 14.5 Å². The Bertz CT molecular complexity index is 1150. The van der Waals surface area contributed by atoms with Crippen molar-refractivity contribution in [1.29, 1.82) is 0 Å². The summed E-state index contributed by atoms with van der Waals surface area (Å²) in [6.07, 6.45) is 4.74. The SMILES string of the molecule is O=C(Nc1ccc(Oc2cc(-n3cccn3)ncn2)cc1)c1ccc(F)cc1F. The van der Waals surface area contributed by atoms with Crippen molar-refractivity contribution in [2.45, 2.75) is 0 Å². The van der Waals surface area contributed by atoms with E-state index in [2.05, 4.69) is 20.4 Å². The van der Waals surface area contributed by atoms with E-state index in [9.17, 15) is 13.6 Å². The highest BCUT2D eigenvalue weighted by molar-refractivity contribution is 6.04. The highest BCUT2D eigenvalue weighted by Crippen LogP contribution is 2.23. The number of ether oxygens (including phenoxy) is 1. The second-order valence-electron chi connectivity index (χ2n) is 5.87. The smallest absolute Gasteiger partial charge is 0.258 e. The molecule has 1 amide bonds. The summed E-state index contributed by atoms with van der Waals surface area (Å²) in [4.78, 5) is 20.3. The second kappa shape index (κ2) is 7.85. The number of halogens is 2. The summed E-state index contributed by atoms with van der Waals surface area (Å²) in [5.74, 6) is -1.03. The van der Waals surface area contributed by atoms with E-state index in [1.54, 1.807) is 53.5 Å². The molecule has 1 N–H and O–H groups in total. The Hall–Kier alpha value is -4.14. The zero-order chi connectivity index (χ0) is 20.2. The Kier molecular flexibility index (Phi) is 4.93. The van der Waals surface area contributed by atoms with Crippen molar-refractivity contribution in [3.05, 3.63) is 90.5 Å². The lowest BCUT2D eigenvalue weighted by atomic mass is 10.2. The van der Waals surface area contributed by atoms with Gasteiger partial charge in [-0.05, 0) is 42.5 Å². The molecule has 0 radical (unpaired) electrons. The fourth-order valence-corrected chi connectivity index (χ4v) is 2.51. The summed E-state index contributed by atoms with van der Waals surface area (Å²) < 4.78 is 33.9. The Balaban J connectivity index is 1.44. The zero-order valence-corrected chi connectivity index (χ0v) is 14.8. The van der Waals surface area contributed by atoms with Crippen LogP contribution in [0.25, 0.3) is 5.82 Å². The van der Waals surface area contributed by atoms with Gasteiger partial charge in [-0.3, -0.25) is 4.79 Å². The van der Waals surface area contributed by atoms with Crippen LogP contribution < -0.4 is 10.1 Å². The molecule has 0 bridgehead atoms. The summed E-state index contributed by atoms with van der Waals surface area (Å²) in [5.41, 5.74) is 0.171. The first-order chi connectivity index (χ1) is 14.1. The Morgan fingerprint density at radius 1 is 1.03 bits per heavy atom. The molecule has 0 aliphatic carbocycles. The molecule has 2 heterocycles. The van der Waals surface area contributed by atoms with Crippen molar-refractivity contribution in [3.63, 3.8) is 0 Å². The maximum absolute atomic E-state index is 13.7. The van der Waals surface area contributed by atoms with Crippen molar-refractivity contribution in [2.24, 2.45) is 0 Å². The number of hydrogen-bond acceptors (Lipinski definition) is 5. The van der Waals surface area contributed by atoms with Gasteiger partial charge in [-0.15, -0.1) is 0 Å². The average molecular weight is 393 g/mol. The van der Waals surface area contributed by atoms with Crippen LogP contribution in [0.15, 0.2) is 73.3 Å². The molecule has 0 saturated heterocycles. The molecular weight excluding hydrogens is 380 g/mol. The average Bonchev–Trinajstić information content (AvgIpc) is 3.24. The molecule has 0 spiro atoms. The van der Waals surface area contributed by atoms with E-state index in [-0.39, 0.29) is 5.56 Å². The number of nitrogens with one attached hydrogen (secondary N) is 1. The largest absolute Gasteiger partial charge is 0.439 e. The minimum absolute atomic E-state index is 0.251. The van der Waals surface area contributed by atoms with E-state index in [0.29, 0.717) is 29.2 Å². The van der Waals surface area contributed by atoms with Gasteiger partial charge in [0, 0.05) is 30.2 Å². The van der Waals surface area contributed by atoms with E-state index >= 15 is 0 Å². The van der Waals surface area contributed by atoms with Crippen LogP contribution >= 0.6 is 0 Å². The van der Waals surface area contributed by atoms with Crippen LogP contribution in [0.2, 0.25) is 0 Å². The van der Waals surface area contributed by atoms with Gasteiger partial charge in [0.1, 0.15) is 23.7 Å². The number of carbonyl (C=O) groups is 1. The molecule has 29 heavy (non-hydrogen) atoms. The molecule has 0 fully saturated rings. The summed E-state index contributed by atoms with van der Waals surface area (Å²) in [6, 6.07) is 12.6. The standard InChI is InChI=1S/C20H13F2N5O2/c21-13-2-7-16(17(22)10-13)20(28)26-14-3-5-15(6-4-14)29-19-11-18(23-12-24-19)27-9-1-8-25-27/h1-12H,(H,26,28). The third-order valence-electron chi connectivity index (χ3n) is 3.88. The lowest BCUT2D eigenvalue weighted by molar-refractivity contribution is 0.102. The van der Waals surface area contributed by atoms with Gasteiger partial charge in [-0.2, -0.15) is 5.10 Å². The molecule has 9 heteroatoms. The second-order valence-corrected chi connectivity index (χ2v) is 5.87. The van der Waals surface area contributed by atoms with Gasteiger partial charge in [-0.25, -0.2) is 23.4 Å². The van der Waals surface area contributed by atoms with E-state index in [4.69, 9.17) is 4.74 Å². The van der Waals surface area contributed by atoms with E-state index < -0.39 is 17.5 Å². The van der Waals surface area contributed by atoms with Gasteiger partial charge < -0.3 is 10.1 Å². The molecule has 0 unspecified atom stereocenters. The monoisotopic (exact) mass is 393 g/mol. The summed E-state index contributed by atoms with van der Waals surface area (Å²) in [7, 11) is 0. The third kappa shape index (κ3) is 4.24. The molecule has 2 aromatic carbocycles. The van der Waals surface area contributed by atoms with E-state index in [1.807, 2.05) is 0 Å². The molecular formula is C20H13F2N5O2. The highest BCUT2D eigenvalue weighted by atomic mass is 19.1. The van der Waals surface area contributed by atoms with Gasteiger partial charge in [0.25, 0.3) is 5.91 Å². The number of anilines is 1. The predicted molar refractivity (Wildman–Crippen MR) is 100.0 cm³/mol. The number of nitrogens with zero attached hydrogens (tertiary/aromatic N) is 4. The topological polar surface area (TPSA) is 81.9 Å². The summed E-state index contributed by atoms with van der Waals surface area (Å²) in [6.45, 7) is 0. The van der Waals surface area contributed by atoms with Gasteiger partial charge in [-0.1, -0.05) is 0 Å². The number of amides is 1. The van der Waals surface area contributed by atoms with Crippen LogP contribution in [0.3, 0.4) is 0 Å².